The van der Waals surface area contributed by atoms with Gasteiger partial charge in [-0.1, -0.05) is 6.42 Å². The molecule has 2 aromatic rings. The van der Waals surface area contributed by atoms with Gasteiger partial charge in [0.05, 0.1) is 23.6 Å². The highest BCUT2D eigenvalue weighted by Gasteiger charge is 2.22. The van der Waals surface area contributed by atoms with Crippen LogP contribution in [0.15, 0.2) is 18.2 Å². The van der Waals surface area contributed by atoms with Crippen LogP contribution in [-0.2, 0) is 9.53 Å². The van der Waals surface area contributed by atoms with E-state index in [-0.39, 0.29) is 18.4 Å². The summed E-state index contributed by atoms with van der Waals surface area (Å²) in [7, 11) is 1.56. The Hall–Kier alpha value is -1.92. The van der Waals surface area contributed by atoms with E-state index in [0.29, 0.717) is 12.5 Å². The van der Waals surface area contributed by atoms with Crippen LogP contribution in [0.25, 0.3) is 11.0 Å². The number of carbonyl (C=O) groups is 1. The average Bonchev–Trinajstić information content (AvgIpc) is 2.85. The summed E-state index contributed by atoms with van der Waals surface area (Å²) in [6.45, 7) is 0.328. The molecule has 4 N–H and O–H groups in total. The number of nitrogens with one attached hydrogen (secondary N) is 2. The summed E-state index contributed by atoms with van der Waals surface area (Å²) >= 11 is 0. The van der Waals surface area contributed by atoms with Crippen LogP contribution in [0.4, 0.5) is 5.69 Å². The largest absolute Gasteiger partial charge is 0.380 e. The van der Waals surface area contributed by atoms with Crippen molar-refractivity contribution < 1.29 is 9.53 Å². The van der Waals surface area contributed by atoms with Gasteiger partial charge in [-0.15, -0.1) is 0 Å². The fourth-order valence-corrected chi connectivity index (χ4v) is 2.66. The monoisotopic (exact) mass is 302 g/mol. The predicted molar refractivity (Wildman–Crippen MR) is 85.8 cm³/mol. The quantitative estimate of drug-likeness (QED) is 0.762. The first-order valence-corrected chi connectivity index (χ1v) is 7.72. The normalized spacial score (nSPS) is 16.5. The number of amides is 1. The third-order valence-electron chi connectivity index (χ3n) is 4.29. The van der Waals surface area contributed by atoms with Crippen molar-refractivity contribution in [3.05, 3.63) is 24.0 Å². The van der Waals surface area contributed by atoms with E-state index < -0.39 is 0 Å². The molecule has 1 aliphatic carbocycles. The summed E-state index contributed by atoms with van der Waals surface area (Å²) in [5, 5.41) is 2.88. The van der Waals surface area contributed by atoms with Gasteiger partial charge in [-0.05, 0) is 31.0 Å². The smallest absolute Gasteiger partial charge is 0.227 e. The number of hydrogen-bond donors (Lipinski definition) is 3. The lowest BCUT2D eigenvalue weighted by Gasteiger charge is -2.22. The number of benzene rings is 1. The molecule has 1 fully saturated rings. The molecule has 1 atom stereocenters. The third-order valence-corrected chi connectivity index (χ3v) is 4.29. The van der Waals surface area contributed by atoms with Crippen molar-refractivity contribution in [2.75, 3.05) is 19.0 Å². The number of nitrogens with zero attached hydrogens (tertiary/aromatic N) is 1. The second-order valence-electron chi connectivity index (χ2n) is 5.83. The molecule has 22 heavy (non-hydrogen) atoms. The molecule has 0 spiro atoms. The van der Waals surface area contributed by atoms with Gasteiger partial charge in [0.25, 0.3) is 0 Å². The molecule has 1 aliphatic rings. The Morgan fingerprint density at radius 1 is 1.55 bits per heavy atom. The van der Waals surface area contributed by atoms with Crippen molar-refractivity contribution in [3.63, 3.8) is 0 Å². The van der Waals surface area contributed by atoms with Gasteiger partial charge >= 0.3 is 0 Å². The second kappa shape index (κ2) is 6.46. The van der Waals surface area contributed by atoms with Crippen LogP contribution >= 0.6 is 0 Å². The van der Waals surface area contributed by atoms with E-state index in [1.54, 1.807) is 7.11 Å². The SMILES string of the molecule is COC(CN)CC(=O)Nc1ccc2nc(C3CCC3)[nH]c2c1. The Morgan fingerprint density at radius 3 is 3.00 bits per heavy atom. The van der Waals surface area contributed by atoms with E-state index in [1.165, 1.54) is 19.3 Å². The lowest BCUT2D eigenvalue weighted by molar-refractivity contribution is -0.118. The van der Waals surface area contributed by atoms with Crippen molar-refractivity contribution in [1.82, 2.24) is 9.97 Å². The Kier molecular flexibility index (Phi) is 4.40. The fraction of sp³-hybridized carbons (Fsp3) is 0.500. The maximum atomic E-state index is 12.0. The first kappa shape index (κ1) is 15.0. The second-order valence-corrected chi connectivity index (χ2v) is 5.83. The van der Waals surface area contributed by atoms with Crippen molar-refractivity contribution in [2.45, 2.75) is 37.7 Å². The first-order chi connectivity index (χ1) is 10.7. The molecule has 1 aromatic heterocycles. The van der Waals surface area contributed by atoms with Gasteiger partial charge in [0.2, 0.25) is 5.91 Å². The maximum absolute atomic E-state index is 12.0. The zero-order valence-corrected chi connectivity index (χ0v) is 12.8. The lowest BCUT2D eigenvalue weighted by Crippen LogP contribution is -2.28. The number of aromatic nitrogens is 2. The number of aromatic amines is 1. The minimum Gasteiger partial charge on any atom is -0.380 e. The highest BCUT2D eigenvalue weighted by atomic mass is 16.5. The minimum absolute atomic E-state index is 0.101. The summed E-state index contributed by atoms with van der Waals surface area (Å²) in [5.41, 5.74) is 8.19. The van der Waals surface area contributed by atoms with Crippen LogP contribution in [0.1, 0.15) is 37.4 Å². The molecule has 0 aliphatic heterocycles. The standard InChI is InChI=1S/C16H22N4O2/c1-22-12(9-17)8-15(21)18-11-5-6-13-14(7-11)20-16(19-13)10-3-2-4-10/h5-7,10,12H,2-4,8-9,17H2,1H3,(H,18,21)(H,19,20). The average molecular weight is 302 g/mol. The Balaban J connectivity index is 1.70. The molecule has 1 heterocycles. The van der Waals surface area contributed by atoms with Gasteiger partial charge in [-0.2, -0.15) is 0 Å². The zero-order valence-electron chi connectivity index (χ0n) is 12.8. The molecular formula is C16H22N4O2. The van der Waals surface area contributed by atoms with Crippen LogP contribution in [0.2, 0.25) is 0 Å². The summed E-state index contributed by atoms with van der Waals surface area (Å²) in [4.78, 5) is 20.0. The number of ether oxygens (including phenoxy) is 1. The molecule has 1 aromatic carbocycles. The molecule has 3 rings (SSSR count). The highest BCUT2D eigenvalue weighted by Crippen LogP contribution is 2.35. The number of anilines is 1. The van der Waals surface area contributed by atoms with E-state index in [2.05, 4.69) is 15.3 Å². The molecular weight excluding hydrogens is 280 g/mol. The van der Waals surface area contributed by atoms with Crippen LogP contribution in [0, 0.1) is 0 Å². The van der Waals surface area contributed by atoms with Crippen molar-refractivity contribution >= 4 is 22.6 Å². The van der Waals surface area contributed by atoms with E-state index in [9.17, 15) is 4.79 Å². The molecule has 1 amide bonds. The molecule has 0 saturated heterocycles. The molecule has 0 radical (unpaired) electrons. The van der Waals surface area contributed by atoms with E-state index in [0.717, 1.165) is 22.5 Å². The van der Waals surface area contributed by atoms with Crippen molar-refractivity contribution in [3.8, 4) is 0 Å². The number of H-pyrrole nitrogens is 1. The summed E-state index contributed by atoms with van der Waals surface area (Å²) in [5.74, 6) is 1.53. The van der Waals surface area contributed by atoms with Crippen molar-refractivity contribution in [1.29, 1.82) is 0 Å². The number of carbonyl (C=O) groups excluding carboxylic acids is 1. The molecule has 6 heteroatoms. The minimum atomic E-state index is -0.249. The van der Waals surface area contributed by atoms with Crippen molar-refractivity contribution in [2.24, 2.45) is 5.73 Å². The third kappa shape index (κ3) is 3.13. The summed E-state index contributed by atoms with van der Waals surface area (Å²) in [6, 6.07) is 5.73. The topological polar surface area (TPSA) is 93.0 Å². The predicted octanol–water partition coefficient (Wildman–Crippen LogP) is 2.13. The van der Waals surface area contributed by atoms with Crippen LogP contribution in [-0.4, -0.2) is 35.6 Å². The van der Waals surface area contributed by atoms with Crippen LogP contribution in [0.5, 0.6) is 0 Å². The van der Waals surface area contributed by atoms with Crippen LogP contribution in [0.3, 0.4) is 0 Å². The van der Waals surface area contributed by atoms with Gasteiger partial charge in [0.1, 0.15) is 5.82 Å². The molecule has 1 saturated carbocycles. The lowest BCUT2D eigenvalue weighted by atomic mass is 9.85. The van der Waals surface area contributed by atoms with E-state index in [1.807, 2.05) is 18.2 Å². The molecule has 0 bridgehead atoms. The molecule has 118 valence electrons. The van der Waals surface area contributed by atoms with Gasteiger partial charge in [0.15, 0.2) is 0 Å². The maximum Gasteiger partial charge on any atom is 0.227 e. The van der Waals surface area contributed by atoms with Gasteiger partial charge in [-0.3, -0.25) is 4.79 Å². The first-order valence-electron chi connectivity index (χ1n) is 7.72. The Bertz CT molecular complexity index is 659. The summed E-state index contributed by atoms with van der Waals surface area (Å²) < 4.78 is 5.12. The highest BCUT2D eigenvalue weighted by molar-refractivity contribution is 5.93. The number of nitrogens with two attached hydrogens (primary N) is 1. The zero-order chi connectivity index (χ0) is 15.5. The Labute approximate surface area is 129 Å². The number of fused-ring (bicyclic) bond motifs is 1. The van der Waals surface area contributed by atoms with Gasteiger partial charge in [0, 0.05) is 25.3 Å². The number of rotatable bonds is 6. The molecule has 1 unspecified atom stereocenters. The van der Waals surface area contributed by atoms with E-state index >= 15 is 0 Å². The van der Waals surface area contributed by atoms with E-state index in [4.69, 9.17) is 10.5 Å². The molecule has 6 nitrogen and oxygen atoms in total. The Morgan fingerprint density at radius 2 is 2.36 bits per heavy atom. The fourth-order valence-electron chi connectivity index (χ4n) is 2.66. The van der Waals surface area contributed by atoms with Gasteiger partial charge in [-0.25, -0.2) is 4.98 Å². The van der Waals surface area contributed by atoms with Gasteiger partial charge < -0.3 is 20.8 Å². The number of methoxy groups -OCH3 is 1. The summed E-state index contributed by atoms with van der Waals surface area (Å²) in [6.07, 6.45) is 3.70. The van der Waals surface area contributed by atoms with Crippen LogP contribution < -0.4 is 11.1 Å². The number of imidazole rings is 1. The number of hydrogen-bond acceptors (Lipinski definition) is 4.